The number of esters is 1. The maximum Gasteiger partial charge on any atom is 0.459 e. The predicted molar refractivity (Wildman–Crippen MR) is 177 cm³/mol. The third-order valence-electron chi connectivity index (χ3n) is 7.00. The van der Waals surface area contributed by atoms with Gasteiger partial charge in [-0.05, 0) is 70.4 Å². The lowest BCUT2D eigenvalue weighted by Gasteiger charge is -2.30. The van der Waals surface area contributed by atoms with Crippen LogP contribution in [0.25, 0.3) is 21.9 Å². The molecule has 3 N–H and O–H groups in total. The highest BCUT2D eigenvalue weighted by molar-refractivity contribution is 7.52. The smallest absolute Gasteiger partial charge is 0.459 e. The van der Waals surface area contributed by atoms with Gasteiger partial charge in [0, 0.05) is 17.0 Å². The van der Waals surface area contributed by atoms with Gasteiger partial charge in [0.15, 0.2) is 5.82 Å². The Labute approximate surface area is 269 Å². The summed E-state index contributed by atoms with van der Waals surface area (Å²) in [6.45, 7) is 13.5. The zero-order valence-corrected chi connectivity index (χ0v) is 28.5. The maximum atomic E-state index is 14.6. The van der Waals surface area contributed by atoms with Gasteiger partial charge in [-0.1, -0.05) is 50.6 Å². The van der Waals surface area contributed by atoms with Gasteiger partial charge in [-0.15, -0.1) is 0 Å². The molecular weight excluding hydrogens is 617 g/mol. The first-order chi connectivity index (χ1) is 21.2. The molecule has 2 heterocycles. The molecule has 2 aromatic carbocycles. The van der Waals surface area contributed by atoms with E-state index in [1.54, 1.807) is 45.0 Å². The Hall–Kier alpha value is -3.21. The maximum absolute atomic E-state index is 14.6. The first-order valence-electron chi connectivity index (χ1n) is 15.1. The van der Waals surface area contributed by atoms with E-state index < -0.39 is 25.4 Å². The molecule has 4 rings (SSSR count). The van der Waals surface area contributed by atoms with Crippen LogP contribution in [0.2, 0.25) is 5.02 Å². The molecule has 4 aromatic rings. The minimum Gasteiger partial charge on any atom is -0.459 e. The van der Waals surface area contributed by atoms with Crippen molar-refractivity contribution >= 4 is 53.1 Å². The number of carbonyl (C=O) groups is 1. The largest absolute Gasteiger partial charge is 0.459 e. The van der Waals surface area contributed by atoms with Crippen LogP contribution in [-0.2, 0) is 30.0 Å². The lowest BCUT2D eigenvalue weighted by Crippen LogP contribution is -2.44. The summed E-state index contributed by atoms with van der Waals surface area (Å²) in [6, 6.07) is 12.7. The number of aromatic nitrogens is 3. The lowest BCUT2D eigenvalue weighted by molar-refractivity contribution is -0.158. The summed E-state index contributed by atoms with van der Waals surface area (Å²) in [4.78, 5) is 22.6. The van der Waals surface area contributed by atoms with Crippen molar-refractivity contribution in [1.29, 1.82) is 0 Å². The van der Waals surface area contributed by atoms with E-state index in [-0.39, 0.29) is 30.9 Å². The zero-order valence-electron chi connectivity index (χ0n) is 26.9. The number of halogens is 1. The normalized spacial score (nSPS) is 14.9. The second-order valence-electron chi connectivity index (χ2n) is 12.0. The van der Waals surface area contributed by atoms with Crippen LogP contribution in [0.15, 0.2) is 48.5 Å². The number of nitrogens with two attached hydrogens (primary N) is 1. The number of para-hydroxylation sites is 1. The first kappa shape index (κ1) is 34.7. The van der Waals surface area contributed by atoms with E-state index in [2.05, 4.69) is 10.1 Å². The summed E-state index contributed by atoms with van der Waals surface area (Å²) >= 11 is 6.08. The summed E-state index contributed by atoms with van der Waals surface area (Å²) in [5, 5.41) is 4.24. The Morgan fingerprint density at radius 3 is 2.40 bits per heavy atom. The van der Waals surface area contributed by atoms with Crippen LogP contribution in [0.5, 0.6) is 5.75 Å². The molecule has 0 radical (unpaired) electrons. The Balaban J connectivity index is 1.75. The van der Waals surface area contributed by atoms with Crippen LogP contribution in [0.3, 0.4) is 0 Å². The van der Waals surface area contributed by atoms with E-state index in [9.17, 15) is 9.36 Å². The monoisotopic (exact) mass is 659 g/mol. The van der Waals surface area contributed by atoms with Crippen LogP contribution < -0.4 is 15.3 Å². The molecule has 0 saturated carbocycles. The van der Waals surface area contributed by atoms with E-state index >= 15 is 0 Å². The number of ether oxygens (including phenoxy) is 2. The Bertz CT molecular complexity index is 1670. The number of hydrogen-bond acceptors (Lipinski definition) is 9. The summed E-state index contributed by atoms with van der Waals surface area (Å²) in [5.41, 5.74) is 7.68. The van der Waals surface area contributed by atoms with Gasteiger partial charge in [-0.3, -0.25) is 9.32 Å². The van der Waals surface area contributed by atoms with Crippen molar-refractivity contribution in [3.05, 3.63) is 59.4 Å². The molecule has 13 heteroatoms. The van der Waals surface area contributed by atoms with Gasteiger partial charge in [0.25, 0.3) is 0 Å². The van der Waals surface area contributed by atoms with Crippen molar-refractivity contribution in [1.82, 2.24) is 19.6 Å². The van der Waals surface area contributed by atoms with Crippen molar-refractivity contribution in [2.75, 3.05) is 18.9 Å². The summed E-state index contributed by atoms with van der Waals surface area (Å²) in [5.74, 6) is 0.311. The molecule has 0 fully saturated rings. The van der Waals surface area contributed by atoms with E-state index in [1.165, 1.54) is 0 Å². The molecule has 0 spiro atoms. The first-order valence-corrected chi connectivity index (χ1v) is 17.0. The predicted octanol–water partition coefficient (Wildman–Crippen LogP) is 7.47. The fraction of sp³-hybridized carbons (Fsp3) is 0.469. The number of pyridine rings is 1. The van der Waals surface area contributed by atoms with Crippen molar-refractivity contribution in [2.45, 2.75) is 79.2 Å². The number of carbonyl (C=O) groups excluding carboxylic acids is 1. The molecule has 11 nitrogen and oxygen atoms in total. The second kappa shape index (κ2) is 14.5. The molecule has 0 bridgehead atoms. The minimum atomic E-state index is -4.20. The molecule has 2 aromatic heterocycles. The van der Waals surface area contributed by atoms with Crippen LogP contribution in [-0.4, -0.2) is 45.4 Å². The van der Waals surface area contributed by atoms with Crippen molar-refractivity contribution in [3.63, 3.8) is 0 Å². The van der Waals surface area contributed by atoms with E-state index in [0.717, 1.165) is 16.4 Å². The standard InChI is InChI=1S/C32H43ClN5O6P/c1-8-22(38-26(19-41-9-2)36-28-29(38)24-12-10-11-13-25(24)35-30(28)34)18-42-45(40,44-23-16-14-21(33)15-17-23)37-27(20(3)4)31(39)43-32(5,6)7/h10-17,20,22,27H,8-9,18-19H2,1-7H3,(H2,34,35)(H,37,40)/t22-,27-,45-/m0/s1. The molecule has 45 heavy (non-hydrogen) atoms. The fourth-order valence-electron chi connectivity index (χ4n) is 4.85. The number of anilines is 1. The van der Waals surface area contributed by atoms with Crippen LogP contribution >= 0.6 is 19.3 Å². The molecule has 3 atom stereocenters. The average molecular weight is 660 g/mol. The number of hydrogen-bond donors (Lipinski definition) is 2. The average Bonchev–Trinajstić information content (AvgIpc) is 3.36. The van der Waals surface area contributed by atoms with Gasteiger partial charge in [-0.2, -0.15) is 5.09 Å². The SMILES string of the molecule is CCOCc1nc2c(N)nc3ccccc3c2n1[C@@H](CC)CO[P@@](=O)(N[C@H](C(=O)OC(C)(C)C)C(C)C)Oc1ccc(Cl)cc1. The number of rotatable bonds is 14. The number of fused-ring (bicyclic) bond motifs is 3. The van der Waals surface area contributed by atoms with Crippen molar-refractivity contribution < 1.29 is 27.9 Å². The number of benzene rings is 2. The topological polar surface area (TPSA) is 140 Å². The fourth-order valence-corrected chi connectivity index (χ4v) is 6.67. The molecule has 244 valence electrons. The van der Waals surface area contributed by atoms with Gasteiger partial charge in [-0.25, -0.2) is 14.5 Å². The quantitative estimate of drug-likeness (QED) is 0.103. The highest BCUT2D eigenvalue weighted by atomic mass is 35.5. The second-order valence-corrected chi connectivity index (χ2v) is 14.2. The van der Waals surface area contributed by atoms with E-state index in [1.807, 2.05) is 56.5 Å². The van der Waals surface area contributed by atoms with Gasteiger partial charge in [0.1, 0.15) is 35.3 Å². The summed E-state index contributed by atoms with van der Waals surface area (Å²) < 4.78 is 40.2. The summed E-state index contributed by atoms with van der Waals surface area (Å²) in [7, 11) is -4.20. The lowest BCUT2D eigenvalue weighted by atomic mass is 10.1. The zero-order chi connectivity index (χ0) is 32.9. The molecular formula is C32H43ClN5O6P. The number of nitrogen functional groups attached to an aromatic ring is 1. The molecule has 0 saturated heterocycles. The molecule has 0 aliphatic carbocycles. The van der Waals surface area contributed by atoms with Gasteiger partial charge >= 0.3 is 13.7 Å². The third-order valence-corrected chi connectivity index (χ3v) is 8.79. The van der Waals surface area contributed by atoms with Gasteiger partial charge in [0.05, 0.1) is 23.7 Å². The third kappa shape index (κ3) is 8.54. The van der Waals surface area contributed by atoms with Crippen LogP contribution in [0.1, 0.15) is 66.8 Å². The van der Waals surface area contributed by atoms with Gasteiger partial charge in [0.2, 0.25) is 0 Å². The Kier molecular flexibility index (Phi) is 11.2. The van der Waals surface area contributed by atoms with Crippen molar-refractivity contribution in [2.24, 2.45) is 5.92 Å². The molecule has 0 aliphatic heterocycles. The van der Waals surface area contributed by atoms with E-state index in [0.29, 0.717) is 35.2 Å². The van der Waals surface area contributed by atoms with Crippen molar-refractivity contribution in [3.8, 4) is 5.75 Å². The molecule has 0 amide bonds. The Morgan fingerprint density at radius 1 is 1.09 bits per heavy atom. The number of nitrogens with one attached hydrogen (secondary N) is 1. The minimum absolute atomic E-state index is 0.0609. The molecule has 0 unspecified atom stereocenters. The Morgan fingerprint density at radius 2 is 1.78 bits per heavy atom. The number of nitrogens with zero attached hydrogens (tertiary/aromatic N) is 3. The van der Waals surface area contributed by atoms with Gasteiger partial charge < -0.3 is 24.3 Å². The molecule has 0 aliphatic rings. The number of imidazole rings is 1. The summed E-state index contributed by atoms with van der Waals surface area (Å²) in [6.07, 6.45) is 0.571. The highest BCUT2D eigenvalue weighted by Crippen LogP contribution is 2.47. The highest BCUT2D eigenvalue weighted by Gasteiger charge is 2.38. The van der Waals surface area contributed by atoms with Crippen LogP contribution in [0, 0.1) is 5.92 Å². The van der Waals surface area contributed by atoms with Crippen LogP contribution in [0.4, 0.5) is 5.82 Å². The van der Waals surface area contributed by atoms with E-state index in [4.69, 9.17) is 40.8 Å².